The first-order valence-corrected chi connectivity index (χ1v) is 15.2. The van der Waals surface area contributed by atoms with Crippen molar-refractivity contribution in [3.05, 3.63) is 141 Å². The largest absolute Gasteiger partial charge is 0.506 e. The number of pyridine rings is 1. The Morgan fingerprint density at radius 3 is 2.45 bits per heavy atom. The molecule has 1 radical (unpaired) electrons. The second-order valence-corrected chi connectivity index (χ2v) is 11.2. The van der Waals surface area contributed by atoms with Crippen LogP contribution in [0.5, 0.6) is 5.75 Å². The van der Waals surface area contributed by atoms with E-state index in [0.717, 1.165) is 29.9 Å². The van der Waals surface area contributed by atoms with Crippen molar-refractivity contribution < 1.29 is 32.9 Å². The van der Waals surface area contributed by atoms with E-state index in [1.165, 1.54) is 24.3 Å². The van der Waals surface area contributed by atoms with Gasteiger partial charge in [-0.2, -0.15) is 13.2 Å². The van der Waals surface area contributed by atoms with Gasteiger partial charge in [0.05, 0.1) is 17.2 Å². The first-order chi connectivity index (χ1) is 22.6. The van der Waals surface area contributed by atoms with Crippen molar-refractivity contribution >= 4 is 16.8 Å². The van der Waals surface area contributed by atoms with Crippen molar-refractivity contribution in [3.8, 4) is 5.75 Å². The van der Waals surface area contributed by atoms with Gasteiger partial charge in [0.2, 0.25) is 5.56 Å². The predicted octanol–water partition coefficient (Wildman–Crippen LogP) is 6.17. The summed E-state index contributed by atoms with van der Waals surface area (Å²) in [5.74, 6) is 0.387. The number of aromatic nitrogens is 1. The number of benzene rings is 3. The molecule has 47 heavy (non-hydrogen) atoms. The molecule has 245 valence electrons. The Kier molecular flexibility index (Phi) is 10.8. The highest BCUT2D eigenvalue weighted by Crippen LogP contribution is 2.30. The van der Waals surface area contributed by atoms with Crippen molar-refractivity contribution in [2.75, 3.05) is 19.6 Å². The van der Waals surface area contributed by atoms with Gasteiger partial charge in [-0.05, 0) is 91.0 Å². The molecule has 5 rings (SSSR count). The maximum atomic E-state index is 13.6. The third-order valence-corrected chi connectivity index (χ3v) is 7.77. The van der Waals surface area contributed by atoms with Gasteiger partial charge in [-0.3, -0.25) is 9.59 Å². The number of aliphatic hydroxyl groups is 1. The third kappa shape index (κ3) is 8.90. The van der Waals surface area contributed by atoms with Crippen LogP contribution in [-0.2, 0) is 24.1 Å². The molecule has 0 bridgehead atoms. The van der Waals surface area contributed by atoms with Crippen LogP contribution in [0.2, 0.25) is 0 Å². The van der Waals surface area contributed by atoms with Gasteiger partial charge in [-0.15, -0.1) is 0 Å². The van der Waals surface area contributed by atoms with Crippen LogP contribution in [0.25, 0.3) is 10.9 Å². The molecule has 0 spiro atoms. The summed E-state index contributed by atoms with van der Waals surface area (Å²) in [6.45, 7) is 1.34. The number of rotatable bonds is 13. The van der Waals surface area contributed by atoms with Crippen molar-refractivity contribution in [1.29, 1.82) is 0 Å². The molecule has 0 fully saturated rings. The Balaban J connectivity index is 1.21. The maximum absolute atomic E-state index is 13.6. The highest BCUT2D eigenvalue weighted by molar-refractivity contribution is 5.94. The zero-order chi connectivity index (χ0) is 33.4. The molecule has 0 aliphatic heterocycles. The highest BCUT2D eigenvalue weighted by atomic mass is 19.4. The highest BCUT2D eigenvalue weighted by Gasteiger charge is 2.30. The van der Waals surface area contributed by atoms with E-state index in [-0.39, 0.29) is 35.8 Å². The molecule has 0 saturated heterocycles. The smallest absolute Gasteiger partial charge is 0.416 e. The number of carbonyl (C=O) groups is 1. The number of carbonyl (C=O) groups excluding carboxylic acids is 1. The Labute approximate surface area is 269 Å². The van der Waals surface area contributed by atoms with Gasteiger partial charge >= 0.3 is 6.18 Å². The third-order valence-electron chi connectivity index (χ3n) is 7.77. The quantitative estimate of drug-likeness (QED) is 0.129. The molecule has 8 nitrogen and oxygen atoms in total. The second kappa shape index (κ2) is 15.1. The molecular weight excluding hydrogens is 611 g/mol. The van der Waals surface area contributed by atoms with E-state index < -0.39 is 17.8 Å². The van der Waals surface area contributed by atoms with E-state index >= 15 is 0 Å². The Hall–Kier alpha value is -4.87. The zero-order valence-corrected chi connectivity index (χ0v) is 25.5. The molecule has 1 aliphatic rings. The lowest BCUT2D eigenvalue weighted by Crippen LogP contribution is -2.33. The molecule has 1 atom stereocenters. The molecule has 1 aliphatic carbocycles. The summed E-state index contributed by atoms with van der Waals surface area (Å²) in [7, 11) is 0. The van der Waals surface area contributed by atoms with Crippen LogP contribution >= 0.6 is 0 Å². The average Bonchev–Trinajstić information content (AvgIpc) is 3.07. The summed E-state index contributed by atoms with van der Waals surface area (Å²) in [6, 6.07) is 17.7. The van der Waals surface area contributed by atoms with Gasteiger partial charge < -0.3 is 30.2 Å². The number of amides is 1. The Morgan fingerprint density at radius 1 is 1.00 bits per heavy atom. The fourth-order valence-corrected chi connectivity index (χ4v) is 5.26. The van der Waals surface area contributed by atoms with Gasteiger partial charge in [0.25, 0.3) is 5.91 Å². The van der Waals surface area contributed by atoms with Gasteiger partial charge in [-0.25, -0.2) is 0 Å². The number of aliphatic hydroxyl groups excluding tert-OH is 1. The monoisotopic (exact) mass is 646 g/mol. The number of hydrogen-bond donors (Lipinski definition) is 4. The van der Waals surface area contributed by atoms with E-state index in [1.807, 2.05) is 36.8 Å². The number of halogens is 3. The van der Waals surface area contributed by atoms with Crippen LogP contribution in [0.3, 0.4) is 0 Å². The molecule has 0 saturated carbocycles. The number of fused-ring (bicyclic) bond motifs is 1. The minimum atomic E-state index is -4.46. The van der Waals surface area contributed by atoms with E-state index in [9.17, 15) is 33.0 Å². The lowest BCUT2D eigenvalue weighted by molar-refractivity contribution is -0.137. The molecule has 4 N–H and O–H groups in total. The van der Waals surface area contributed by atoms with Crippen molar-refractivity contribution in [2.24, 2.45) is 0 Å². The van der Waals surface area contributed by atoms with Gasteiger partial charge in [0.1, 0.15) is 18.1 Å². The number of aromatic amines is 1. The Bertz CT molecular complexity index is 1800. The number of allylic oxidation sites excluding steroid dienone is 3. The van der Waals surface area contributed by atoms with E-state index in [0.29, 0.717) is 48.2 Å². The fourth-order valence-electron chi connectivity index (χ4n) is 5.26. The van der Waals surface area contributed by atoms with Crippen LogP contribution < -0.4 is 10.9 Å². The predicted molar refractivity (Wildman–Crippen MR) is 172 cm³/mol. The fraction of sp³-hybridized carbons (Fsp3) is 0.250. The molecule has 4 aromatic rings. The maximum Gasteiger partial charge on any atom is 0.416 e. The molecule has 1 amide bonds. The number of phenolic OH excluding ortho intramolecular Hbond substituents is 1. The SMILES string of the molecule is O=C(c1ccc(COC2=C[CH]CC=C2)cc1)N(CCCNC[C@H](O)c1ccc(O)c2[nH]c(=O)ccc12)Cc1ccc(C(F)(F)F)cc1. The first-order valence-electron chi connectivity index (χ1n) is 15.2. The molecule has 0 unspecified atom stereocenters. The second-order valence-electron chi connectivity index (χ2n) is 11.2. The van der Waals surface area contributed by atoms with Crippen LogP contribution in [0.1, 0.15) is 51.6 Å². The minimum Gasteiger partial charge on any atom is -0.506 e. The van der Waals surface area contributed by atoms with E-state index in [4.69, 9.17) is 4.74 Å². The summed E-state index contributed by atoms with van der Waals surface area (Å²) < 4.78 is 45.1. The topological polar surface area (TPSA) is 115 Å². The van der Waals surface area contributed by atoms with Crippen LogP contribution in [0, 0.1) is 6.42 Å². The number of ether oxygens (including phenoxy) is 1. The summed E-state index contributed by atoms with van der Waals surface area (Å²) in [5.41, 5.74) is 1.51. The molecule has 11 heteroatoms. The number of alkyl halides is 3. The van der Waals surface area contributed by atoms with Gasteiger partial charge in [0, 0.05) is 36.7 Å². The summed E-state index contributed by atoms with van der Waals surface area (Å²) in [4.78, 5) is 29.5. The van der Waals surface area contributed by atoms with E-state index in [1.54, 1.807) is 29.2 Å². The van der Waals surface area contributed by atoms with Crippen molar-refractivity contribution in [1.82, 2.24) is 15.2 Å². The zero-order valence-electron chi connectivity index (χ0n) is 25.5. The summed E-state index contributed by atoms with van der Waals surface area (Å²) in [5, 5.41) is 24.6. The Morgan fingerprint density at radius 2 is 1.74 bits per heavy atom. The van der Waals surface area contributed by atoms with Gasteiger partial charge in [0.15, 0.2) is 0 Å². The lowest BCUT2D eigenvalue weighted by Gasteiger charge is -2.24. The van der Waals surface area contributed by atoms with Crippen LogP contribution in [0.15, 0.2) is 102 Å². The average molecular weight is 647 g/mol. The minimum absolute atomic E-state index is 0.101. The number of nitrogens with zero attached hydrogens (tertiary/aromatic N) is 1. The standard InChI is InChI=1S/C36H35F3N3O5/c37-36(38,39)27-13-9-24(10-14-27)22-42(35(46)26-11-7-25(8-12-26)23-47-28-5-2-1-3-6-28)20-4-19-40-21-32(44)29-15-17-31(43)34-30(29)16-18-33(45)41-34/h2-3,5-18,32,40,43-44H,1,4,19-23H2,(H,41,45)/t32-/m0/s1. The van der Waals surface area contributed by atoms with Crippen molar-refractivity contribution in [2.45, 2.75) is 38.3 Å². The number of aromatic hydroxyl groups is 1. The normalized spacial score (nSPS) is 13.7. The summed E-state index contributed by atoms with van der Waals surface area (Å²) >= 11 is 0. The van der Waals surface area contributed by atoms with Crippen LogP contribution in [-0.4, -0.2) is 45.6 Å². The number of phenols is 1. The molecule has 3 aromatic carbocycles. The van der Waals surface area contributed by atoms with Crippen molar-refractivity contribution in [3.63, 3.8) is 0 Å². The van der Waals surface area contributed by atoms with E-state index in [2.05, 4.69) is 10.3 Å². The summed E-state index contributed by atoms with van der Waals surface area (Å²) in [6.07, 6.45) is 3.78. The molecular formula is C36H35F3N3O5. The van der Waals surface area contributed by atoms with Crippen LogP contribution in [0.4, 0.5) is 13.2 Å². The number of H-pyrrole nitrogens is 1. The molecule has 1 heterocycles. The first kappa shape index (κ1) is 33.5. The molecule has 1 aromatic heterocycles. The number of nitrogens with one attached hydrogen (secondary N) is 2. The number of hydrogen-bond acceptors (Lipinski definition) is 6. The van der Waals surface area contributed by atoms with Gasteiger partial charge in [-0.1, -0.05) is 36.4 Å². The lowest BCUT2D eigenvalue weighted by atomic mass is 10.0.